The molecule has 0 aliphatic carbocycles. The maximum Gasteiger partial charge on any atom is 0.129 e. The molecule has 82 valence electrons. The van der Waals surface area contributed by atoms with Gasteiger partial charge in [-0.25, -0.2) is 8.78 Å². The quantitative estimate of drug-likeness (QED) is 0.690. The predicted octanol–water partition coefficient (Wildman–Crippen LogP) is 2.77. The monoisotopic (exact) mass is 211 g/mol. The lowest BCUT2D eigenvalue weighted by Crippen LogP contribution is -2.29. The van der Waals surface area contributed by atoms with Crippen molar-refractivity contribution in [3.8, 4) is 0 Å². The smallest absolute Gasteiger partial charge is 0.129 e. The van der Waals surface area contributed by atoms with E-state index in [-0.39, 0.29) is 11.5 Å². The van der Waals surface area contributed by atoms with Gasteiger partial charge in [0.05, 0.1) is 0 Å². The van der Waals surface area contributed by atoms with Crippen molar-refractivity contribution in [3.63, 3.8) is 0 Å². The summed E-state index contributed by atoms with van der Waals surface area (Å²) in [7, 11) is 2.04. The first-order valence-electron chi connectivity index (χ1n) is 5.31. The Morgan fingerprint density at radius 2 is 1.67 bits per heavy atom. The summed E-state index contributed by atoms with van der Waals surface area (Å²) in [5.41, 5.74) is 0.283. The third-order valence-electron chi connectivity index (χ3n) is 3.13. The number of halogens is 2. The molecule has 1 aliphatic rings. The molecule has 3 heteroatoms. The van der Waals surface area contributed by atoms with E-state index in [9.17, 15) is 8.78 Å². The van der Waals surface area contributed by atoms with Gasteiger partial charge in [-0.1, -0.05) is 6.07 Å². The summed E-state index contributed by atoms with van der Waals surface area (Å²) in [4.78, 5) is 2.19. The van der Waals surface area contributed by atoms with Crippen molar-refractivity contribution in [2.24, 2.45) is 0 Å². The Balaban J connectivity index is 2.22. The lowest BCUT2D eigenvalue weighted by Gasteiger charge is -2.29. The second-order valence-electron chi connectivity index (χ2n) is 4.21. The Morgan fingerprint density at radius 1 is 1.13 bits per heavy atom. The lowest BCUT2D eigenvalue weighted by molar-refractivity contribution is 0.250. The first-order valence-corrected chi connectivity index (χ1v) is 5.31. The van der Waals surface area contributed by atoms with Gasteiger partial charge in [0.1, 0.15) is 11.6 Å². The van der Waals surface area contributed by atoms with E-state index in [1.807, 2.05) is 7.05 Å². The number of benzene rings is 1. The van der Waals surface area contributed by atoms with Gasteiger partial charge in [-0.2, -0.15) is 0 Å². The predicted molar refractivity (Wildman–Crippen MR) is 55.8 cm³/mol. The van der Waals surface area contributed by atoms with E-state index in [0.717, 1.165) is 25.9 Å². The van der Waals surface area contributed by atoms with Gasteiger partial charge in [0, 0.05) is 5.56 Å². The molecular formula is C12H15F2N. The molecule has 1 aliphatic heterocycles. The molecule has 15 heavy (non-hydrogen) atoms. The minimum Gasteiger partial charge on any atom is -0.306 e. The van der Waals surface area contributed by atoms with Gasteiger partial charge in [-0.15, -0.1) is 0 Å². The van der Waals surface area contributed by atoms with Gasteiger partial charge >= 0.3 is 0 Å². The molecule has 0 spiro atoms. The maximum absolute atomic E-state index is 13.5. The van der Waals surface area contributed by atoms with Crippen LogP contribution < -0.4 is 0 Å². The SMILES string of the molecule is CN1CCC(c2c(F)cccc2F)CC1. The van der Waals surface area contributed by atoms with Crippen LogP contribution in [0.5, 0.6) is 0 Å². The first-order chi connectivity index (χ1) is 7.18. The second kappa shape index (κ2) is 4.27. The highest BCUT2D eigenvalue weighted by atomic mass is 19.1. The molecule has 1 heterocycles. The highest BCUT2D eigenvalue weighted by Gasteiger charge is 2.23. The van der Waals surface area contributed by atoms with Crippen LogP contribution in [0.25, 0.3) is 0 Å². The molecule has 0 atom stereocenters. The molecule has 0 saturated carbocycles. The summed E-state index contributed by atoms with van der Waals surface area (Å²) >= 11 is 0. The van der Waals surface area contributed by atoms with Crippen molar-refractivity contribution in [1.82, 2.24) is 4.90 Å². The van der Waals surface area contributed by atoms with Crippen LogP contribution in [0, 0.1) is 11.6 Å². The summed E-state index contributed by atoms with van der Waals surface area (Å²) in [6.07, 6.45) is 1.68. The number of hydrogen-bond acceptors (Lipinski definition) is 1. The van der Waals surface area contributed by atoms with E-state index < -0.39 is 11.6 Å². The average Bonchev–Trinajstić information content (AvgIpc) is 2.20. The largest absolute Gasteiger partial charge is 0.306 e. The van der Waals surface area contributed by atoms with Crippen LogP contribution in [-0.2, 0) is 0 Å². The number of piperidine rings is 1. The van der Waals surface area contributed by atoms with E-state index >= 15 is 0 Å². The molecule has 1 saturated heterocycles. The van der Waals surface area contributed by atoms with Gasteiger partial charge in [0.2, 0.25) is 0 Å². The summed E-state index contributed by atoms with van der Waals surface area (Å²) in [5.74, 6) is -0.753. The van der Waals surface area contributed by atoms with Gasteiger partial charge < -0.3 is 4.90 Å². The van der Waals surface area contributed by atoms with Crippen LogP contribution in [0.4, 0.5) is 8.78 Å². The van der Waals surface area contributed by atoms with E-state index in [0.29, 0.717) is 0 Å². The van der Waals surface area contributed by atoms with Crippen LogP contribution in [0.1, 0.15) is 24.3 Å². The lowest BCUT2D eigenvalue weighted by atomic mass is 9.89. The third kappa shape index (κ3) is 2.17. The maximum atomic E-state index is 13.5. The fraction of sp³-hybridized carbons (Fsp3) is 0.500. The second-order valence-corrected chi connectivity index (χ2v) is 4.21. The summed E-state index contributed by atoms with van der Waals surface area (Å²) in [6, 6.07) is 4.11. The Labute approximate surface area is 88.7 Å². The van der Waals surface area contributed by atoms with Crippen molar-refractivity contribution in [3.05, 3.63) is 35.4 Å². The van der Waals surface area contributed by atoms with Crippen LogP contribution in [-0.4, -0.2) is 25.0 Å². The van der Waals surface area contributed by atoms with Gasteiger partial charge in [-0.05, 0) is 51.0 Å². The molecule has 1 aromatic carbocycles. The minimum absolute atomic E-state index is 0.0439. The number of nitrogens with zero attached hydrogens (tertiary/aromatic N) is 1. The van der Waals surface area contributed by atoms with Crippen LogP contribution in [0.2, 0.25) is 0 Å². The summed E-state index contributed by atoms with van der Waals surface area (Å²) < 4.78 is 27.0. The average molecular weight is 211 g/mol. The van der Waals surface area contributed by atoms with Crippen LogP contribution in [0.15, 0.2) is 18.2 Å². The molecule has 1 fully saturated rings. The minimum atomic E-state index is -0.399. The molecule has 2 rings (SSSR count). The molecule has 0 unspecified atom stereocenters. The number of rotatable bonds is 1. The molecule has 0 aromatic heterocycles. The zero-order valence-electron chi connectivity index (χ0n) is 8.84. The highest BCUT2D eigenvalue weighted by Crippen LogP contribution is 2.31. The Kier molecular flexibility index (Phi) is 3.00. The van der Waals surface area contributed by atoms with Crippen LogP contribution in [0.3, 0.4) is 0 Å². The summed E-state index contributed by atoms with van der Waals surface area (Å²) in [5, 5.41) is 0. The molecule has 0 bridgehead atoms. The molecule has 0 amide bonds. The number of hydrogen-bond donors (Lipinski definition) is 0. The van der Waals surface area contributed by atoms with Crippen molar-refractivity contribution in [1.29, 1.82) is 0 Å². The molecule has 1 aromatic rings. The standard InChI is InChI=1S/C12H15F2N/c1-15-7-5-9(6-8-15)12-10(13)3-2-4-11(12)14/h2-4,9H,5-8H2,1H3. The van der Waals surface area contributed by atoms with Crippen molar-refractivity contribution in [2.45, 2.75) is 18.8 Å². The summed E-state index contributed by atoms with van der Waals surface area (Å²) in [6.45, 7) is 1.83. The Hall–Kier alpha value is -0.960. The number of likely N-dealkylation sites (tertiary alicyclic amines) is 1. The fourth-order valence-electron chi connectivity index (χ4n) is 2.20. The fourth-order valence-corrected chi connectivity index (χ4v) is 2.20. The zero-order valence-corrected chi connectivity index (χ0v) is 8.84. The van der Waals surface area contributed by atoms with E-state index in [1.54, 1.807) is 0 Å². The molecular weight excluding hydrogens is 196 g/mol. The highest BCUT2D eigenvalue weighted by molar-refractivity contribution is 5.24. The van der Waals surface area contributed by atoms with E-state index in [2.05, 4.69) is 4.90 Å². The van der Waals surface area contributed by atoms with Gasteiger partial charge in [0.15, 0.2) is 0 Å². The van der Waals surface area contributed by atoms with E-state index in [4.69, 9.17) is 0 Å². The molecule has 1 nitrogen and oxygen atoms in total. The van der Waals surface area contributed by atoms with Crippen molar-refractivity contribution in [2.75, 3.05) is 20.1 Å². The molecule has 0 N–H and O–H groups in total. The third-order valence-corrected chi connectivity index (χ3v) is 3.13. The molecule has 0 radical (unpaired) electrons. The Bertz CT molecular complexity index is 323. The van der Waals surface area contributed by atoms with Crippen molar-refractivity contribution < 1.29 is 8.78 Å². The van der Waals surface area contributed by atoms with Crippen LogP contribution >= 0.6 is 0 Å². The zero-order chi connectivity index (χ0) is 10.8. The van der Waals surface area contributed by atoms with Gasteiger partial charge in [-0.3, -0.25) is 0 Å². The van der Waals surface area contributed by atoms with E-state index in [1.165, 1.54) is 18.2 Å². The van der Waals surface area contributed by atoms with Crippen molar-refractivity contribution >= 4 is 0 Å². The normalized spacial score (nSPS) is 19.4. The Morgan fingerprint density at radius 3 is 2.20 bits per heavy atom. The first kappa shape index (κ1) is 10.6. The topological polar surface area (TPSA) is 3.24 Å². The van der Waals surface area contributed by atoms with Gasteiger partial charge in [0.25, 0.3) is 0 Å².